The molecular weight excluding hydrogens is 182 g/mol. The first kappa shape index (κ1) is 11.0. The van der Waals surface area contributed by atoms with E-state index in [1.165, 1.54) is 4.90 Å². The number of carboxylic acid groups (broad SMARTS) is 1. The summed E-state index contributed by atoms with van der Waals surface area (Å²) in [7, 11) is 0. The van der Waals surface area contributed by atoms with Crippen LogP contribution < -0.4 is 0 Å². The van der Waals surface area contributed by atoms with Crippen molar-refractivity contribution in [3.8, 4) is 0 Å². The SMILES string of the molecule is CC1C(=O)N(C(C)(C)C)[C@]1(C)C(=O)O. The van der Waals surface area contributed by atoms with Crippen LogP contribution in [0.5, 0.6) is 0 Å². The molecule has 0 aliphatic carbocycles. The van der Waals surface area contributed by atoms with E-state index in [0.29, 0.717) is 0 Å². The molecule has 1 unspecified atom stereocenters. The van der Waals surface area contributed by atoms with E-state index in [1.807, 2.05) is 20.8 Å². The molecule has 0 aromatic rings. The number of carbonyl (C=O) groups excluding carboxylic acids is 1. The summed E-state index contributed by atoms with van der Waals surface area (Å²) in [4.78, 5) is 24.2. The molecule has 2 atom stereocenters. The van der Waals surface area contributed by atoms with E-state index < -0.39 is 23.0 Å². The van der Waals surface area contributed by atoms with Gasteiger partial charge in [-0.05, 0) is 27.7 Å². The monoisotopic (exact) mass is 199 g/mol. The average Bonchev–Trinajstić information content (AvgIpc) is 2.00. The topological polar surface area (TPSA) is 57.6 Å². The number of aliphatic carboxylic acids is 1. The molecule has 1 amide bonds. The van der Waals surface area contributed by atoms with Crippen LogP contribution in [0.15, 0.2) is 0 Å². The van der Waals surface area contributed by atoms with Crippen molar-refractivity contribution in [1.29, 1.82) is 0 Å². The maximum Gasteiger partial charge on any atom is 0.330 e. The number of amides is 1. The third-order valence-electron chi connectivity index (χ3n) is 3.00. The number of hydrogen-bond acceptors (Lipinski definition) is 2. The molecule has 14 heavy (non-hydrogen) atoms. The molecule has 0 aromatic carbocycles. The van der Waals surface area contributed by atoms with Crippen LogP contribution in [-0.4, -0.2) is 33.0 Å². The smallest absolute Gasteiger partial charge is 0.330 e. The van der Waals surface area contributed by atoms with Crippen LogP contribution >= 0.6 is 0 Å². The van der Waals surface area contributed by atoms with E-state index >= 15 is 0 Å². The lowest BCUT2D eigenvalue weighted by atomic mass is 9.72. The summed E-state index contributed by atoms with van der Waals surface area (Å²) in [5, 5.41) is 9.12. The average molecular weight is 199 g/mol. The highest BCUT2D eigenvalue weighted by Gasteiger charge is 2.62. The summed E-state index contributed by atoms with van der Waals surface area (Å²) in [6, 6.07) is 0. The maximum atomic E-state index is 11.6. The fourth-order valence-corrected chi connectivity index (χ4v) is 2.10. The Bertz CT molecular complexity index is 292. The molecule has 1 aliphatic rings. The minimum atomic E-state index is -1.05. The number of nitrogens with zero attached hydrogens (tertiary/aromatic N) is 1. The van der Waals surface area contributed by atoms with Gasteiger partial charge in [0.25, 0.3) is 0 Å². The van der Waals surface area contributed by atoms with Gasteiger partial charge < -0.3 is 10.0 Å². The van der Waals surface area contributed by atoms with E-state index in [2.05, 4.69) is 0 Å². The van der Waals surface area contributed by atoms with Crippen LogP contribution in [0, 0.1) is 5.92 Å². The molecule has 0 spiro atoms. The zero-order valence-corrected chi connectivity index (χ0v) is 9.29. The summed E-state index contributed by atoms with van der Waals surface area (Å²) in [5.41, 5.74) is -1.48. The molecule has 1 rings (SSSR count). The Balaban J connectivity index is 3.08. The van der Waals surface area contributed by atoms with Crippen LogP contribution in [0.1, 0.15) is 34.6 Å². The molecule has 1 aliphatic heterocycles. The first-order valence-electron chi connectivity index (χ1n) is 4.71. The number of likely N-dealkylation sites (tertiary alicyclic amines) is 1. The highest BCUT2D eigenvalue weighted by molar-refractivity contribution is 6.00. The van der Waals surface area contributed by atoms with Gasteiger partial charge in [-0.25, -0.2) is 4.79 Å². The van der Waals surface area contributed by atoms with Gasteiger partial charge >= 0.3 is 5.97 Å². The molecule has 0 radical (unpaired) electrons. The van der Waals surface area contributed by atoms with Crippen molar-refractivity contribution >= 4 is 11.9 Å². The lowest BCUT2D eigenvalue weighted by molar-refractivity contribution is -0.194. The van der Waals surface area contributed by atoms with E-state index in [-0.39, 0.29) is 5.91 Å². The van der Waals surface area contributed by atoms with Crippen LogP contribution in [-0.2, 0) is 9.59 Å². The van der Waals surface area contributed by atoms with Crippen LogP contribution in [0.3, 0.4) is 0 Å². The van der Waals surface area contributed by atoms with Gasteiger partial charge in [-0.1, -0.05) is 6.92 Å². The number of β-lactam (4-membered cyclic amide) rings is 1. The molecule has 1 fully saturated rings. The van der Waals surface area contributed by atoms with Crippen molar-refractivity contribution in [3.05, 3.63) is 0 Å². The first-order chi connectivity index (χ1) is 6.13. The van der Waals surface area contributed by atoms with Gasteiger partial charge in [0.05, 0.1) is 5.92 Å². The van der Waals surface area contributed by atoms with Gasteiger partial charge in [0.15, 0.2) is 0 Å². The minimum Gasteiger partial charge on any atom is -0.479 e. The fraction of sp³-hybridized carbons (Fsp3) is 0.800. The zero-order valence-electron chi connectivity index (χ0n) is 9.29. The maximum absolute atomic E-state index is 11.6. The largest absolute Gasteiger partial charge is 0.479 e. The van der Waals surface area contributed by atoms with E-state index in [1.54, 1.807) is 13.8 Å². The second-order valence-electron chi connectivity index (χ2n) is 5.02. The second-order valence-corrected chi connectivity index (χ2v) is 5.02. The lowest BCUT2D eigenvalue weighted by Gasteiger charge is -2.57. The normalized spacial score (nSPS) is 32.8. The Hall–Kier alpha value is -1.06. The molecular formula is C10H17NO3. The Morgan fingerprint density at radius 1 is 1.50 bits per heavy atom. The zero-order chi connectivity index (χ0) is 11.3. The predicted octanol–water partition coefficient (Wildman–Crippen LogP) is 1.11. The van der Waals surface area contributed by atoms with Gasteiger partial charge in [-0.3, -0.25) is 4.79 Å². The predicted molar refractivity (Wildman–Crippen MR) is 51.8 cm³/mol. The number of carboxylic acids is 1. The molecule has 4 heteroatoms. The third-order valence-corrected chi connectivity index (χ3v) is 3.00. The van der Waals surface area contributed by atoms with E-state index in [4.69, 9.17) is 5.11 Å². The van der Waals surface area contributed by atoms with Crippen LogP contribution in [0.2, 0.25) is 0 Å². The molecule has 0 aromatic heterocycles. The first-order valence-corrected chi connectivity index (χ1v) is 4.71. The Morgan fingerprint density at radius 3 is 2.14 bits per heavy atom. The van der Waals surface area contributed by atoms with Crippen LogP contribution in [0.25, 0.3) is 0 Å². The number of hydrogen-bond donors (Lipinski definition) is 1. The van der Waals surface area contributed by atoms with Gasteiger partial charge in [0.1, 0.15) is 5.54 Å². The van der Waals surface area contributed by atoms with Crippen molar-refractivity contribution in [2.24, 2.45) is 5.92 Å². The fourth-order valence-electron chi connectivity index (χ4n) is 2.10. The molecule has 0 saturated carbocycles. The van der Waals surface area contributed by atoms with Crippen molar-refractivity contribution in [1.82, 2.24) is 4.90 Å². The Kier molecular flexibility index (Phi) is 2.14. The van der Waals surface area contributed by atoms with Crippen molar-refractivity contribution in [3.63, 3.8) is 0 Å². The van der Waals surface area contributed by atoms with Crippen molar-refractivity contribution < 1.29 is 14.7 Å². The Morgan fingerprint density at radius 2 is 1.93 bits per heavy atom. The van der Waals surface area contributed by atoms with Crippen molar-refractivity contribution in [2.45, 2.75) is 45.7 Å². The lowest BCUT2D eigenvalue weighted by Crippen LogP contribution is -2.76. The number of rotatable bonds is 1. The van der Waals surface area contributed by atoms with E-state index in [9.17, 15) is 9.59 Å². The summed E-state index contributed by atoms with van der Waals surface area (Å²) in [5.74, 6) is -1.44. The standard InChI is InChI=1S/C10H17NO3/c1-6-7(12)11(9(2,3)4)10(6,5)8(13)14/h6H,1-5H3,(H,13,14)/t6?,10-/m0/s1. The highest BCUT2D eigenvalue weighted by atomic mass is 16.4. The summed E-state index contributed by atoms with van der Waals surface area (Å²) in [6.07, 6.45) is 0. The Labute approximate surface area is 83.9 Å². The summed E-state index contributed by atoms with van der Waals surface area (Å²) in [6.45, 7) is 8.80. The third kappa shape index (κ3) is 1.13. The van der Waals surface area contributed by atoms with Crippen LogP contribution in [0.4, 0.5) is 0 Å². The highest BCUT2D eigenvalue weighted by Crippen LogP contribution is 2.42. The molecule has 0 bridgehead atoms. The number of carbonyl (C=O) groups is 2. The summed E-state index contributed by atoms with van der Waals surface area (Å²) >= 11 is 0. The van der Waals surface area contributed by atoms with Gasteiger partial charge in [-0.15, -0.1) is 0 Å². The van der Waals surface area contributed by atoms with Gasteiger partial charge in [0.2, 0.25) is 5.91 Å². The van der Waals surface area contributed by atoms with E-state index in [0.717, 1.165) is 0 Å². The molecule has 1 heterocycles. The molecule has 1 N–H and O–H groups in total. The molecule has 4 nitrogen and oxygen atoms in total. The molecule has 1 saturated heterocycles. The van der Waals surface area contributed by atoms with Crippen molar-refractivity contribution in [2.75, 3.05) is 0 Å². The minimum absolute atomic E-state index is 0.0811. The van der Waals surface area contributed by atoms with Gasteiger partial charge in [-0.2, -0.15) is 0 Å². The molecule has 80 valence electrons. The van der Waals surface area contributed by atoms with Gasteiger partial charge in [0, 0.05) is 5.54 Å². The summed E-state index contributed by atoms with van der Waals surface area (Å²) < 4.78 is 0. The quantitative estimate of drug-likeness (QED) is 0.643. The second kappa shape index (κ2) is 2.72.